The fraction of sp³-hybridized carbons (Fsp3) is 0.100. The zero-order valence-corrected chi connectivity index (χ0v) is 14.6. The molecule has 7 heteroatoms. The van der Waals surface area contributed by atoms with Crippen LogP contribution in [-0.4, -0.2) is 24.2 Å². The first kappa shape index (κ1) is 19.6. The molecule has 0 aliphatic carbocycles. The first-order chi connectivity index (χ1) is 12.9. The predicted octanol–water partition coefficient (Wildman–Crippen LogP) is 2.97. The number of benzene rings is 2. The third-order valence-corrected chi connectivity index (χ3v) is 3.12. The molecule has 0 unspecified atom stereocenters. The lowest BCUT2D eigenvalue weighted by atomic mass is 10.2. The average Bonchev–Trinajstić information content (AvgIpc) is 2.61. The lowest BCUT2D eigenvalue weighted by molar-refractivity contribution is -0.134. The molecule has 0 heterocycles. The molecule has 0 radical (unpaired) electrons. The van der Waals surface area contributed by atoms with Crippen LogP contribution in [0, 0.1) is 0 Å². The minimum atomic E-state index is -0.632. The number of rotatable bonds is 6. The van der Waals surface area contributed by atoms with E-state index in [9.17, 15) is 19.2 Å². The van der Waals surface area contributed by atoms with Crippen molar-refractivity contribution in [3.63, 3.8) is 0 Å². The van der Waals surface area contributed by atoms with E-state index in [-0.39, 0.29) is 11.5 Å². The highest BCUT2D eigenvalue weighted by atomic mass is 16.6. The minimum Gasteiger partial charge on any atom is -0.423 e. The lowest BCUT2D eigenvalue weighted by Gasteiger charge is -2.09. The van der Waals surface area contributed by atoms with Gasteiger partial charge in [-0.05, 0) is 48.0 Å². The Hall–Kier alpha value is -3.74. The molecular weight excluding hydrogens is 352 g/mol. The molecule has 0 saturated heterocycles. The second-order valence-electron chi connectivity index (χ2n) is 5.33. The van der Waals surface area contributed by atoms with Gasteiger partial charge in [0.2, 0.25) is 0 Å². The number of ether oxygens (including phenoxy) is 3. The average molecular weight is 368 g/mol. The molecule has 0 N–H and O–H groups in total. The third-order valence-electron chi connectivity index (χ3n) is 3.12. The van der Waals surface area contributed by atoms with E-state index in [2.05, 4.69) is 0 Å². The smallest absolute Gasteiger partial charge is 0.336 e. The molecule has 0 bridgehead atoms. The fourth-order valence-electron chi connectivity index (χ4n) is 2.03. The zero-order chi connectivity index (χ0) is 19.8. The van der Waals surface area contributed by atoms with Crippen LogP contribution in [0.25, 0.3) is 6.08 Å². The summed E-state index contributed by atoms with van der Waals surface area (Å²) in [6, 6.07) is 10.5. The van der Waals surface area contributed by atoms with Gasteiger partial charge in [0, 0.05) is 25.5 Å². The van der Waals surface area contributed by atoms with Crippen molar-refractivity contribution in [3.05, 3.63) is 59.7 Å². The van der Waals surface area contributed by atoms with Crippen molar-refractivity contribution in [1.29, 1.82) is 0 Å². The Balaban J connectivity index is 2.11. The second kappa shape index (κ2) is 9.10. The highest BCUT2D eigenvalue weighted by Gasteiger charge is 2.11. The molecule has 138 valence electrons. The number of carbonyl (C=O) groups is 4. The standard InChI is InChI=1S/C20H16O7/c1-13(22)25-18-9-5-15(11-19(18)26-14(2)23)6-10-20(24)27-17-7-3-16(12-21)4-8-17/h3-12H,1-2H3/b10-6+. The van der Waals surface area contributed by atoms with Crippen LogP contribution >= 0.6 is 0 Å². The van der Waals surface area contributed by atoms with Crippen molar-refractivity contribution in [2.75, 3.05) is 0 Å². The highest BCUT2D eigenvalue weighted by molar-refractivity contribution is 5.89. The van der Waals surface area contributed by atoms with Crippen LogP contribution in [0.4, 0.5) is 0 Å². The topological polar surface area (TPSA) is 96.0 Å². The normalized spacial score (nSPS) is 10.3. The Morgan fingerprint density at radius 3 is 1.96 bits per heavy atom. The van der Waals surface area contributed by atoms with Crippen LogP contribution in [0.2, 0.25) is 0 Å². The summed E-state index contributed by atoms with van der Waals surface area (Å²) in [5.74, 6) is -1.34. The highest BCUT2D eigenvalue weighted by Crippen LogP contribution is 2.29. The van der Waals surface area contributed by atoms with Gasteiger partial charge in [0.05, 0.1) is 0 Å². The van der Waals surface area contributed by atoms with Gasteiger partial charge in [-0.15, -0.1) is 0 Å². The molecule has 0 spiro atoms. The molecule has 27 heavy (non-hydrogen) atoms. The molecule has 2 aromatic carbocycles. The van der Waals surface area contributed by atoms with E-state index in [1.807, 2.05) is 0 Å². The van der Waals surface area contributed by atoms with Gasteiger partial charge in [-0.3, -0.25) is 14.4 Å². The van der Waals surface area contributed by atoms with Gasteiger partial charge in [0.25, 0.3) is 0 Å². The Morgan fingerprint density at radius 1 is 0.778 bits per heavy atom. The summed E-state index contributed by atoms with van der Waals surface area (Å²) in [4.78, 5) is 44.8. The number of esters is 3. The van der Waals surface area contributed by atoms with Crippen molar-refractivity contribution < 1.29 is 33.4 Å². The molecule has 0 aliphatic rings. The number of hydrogen-bond donors (Lipinski definition) is 0. The summed E-state index contributed by atoms with van der Waals surface area (Å²) < 4.78 is 15.1. The SMILES string of the molecule is CC(=O)Oc1ccc(/C=C/C(=O)Oc2ccc(C=O)cc2)cc1OC(C)=O. The van der Waals surface area contributed by atoms with Crippen LogP contribution in [0.5, 0.6) is 17.2 Å². The van der Waals surface area contributed by atoms with E-state index >= 15 is 0 Å². The summed E-state index contributed by atoms with van der Waals surface area (Å²) in [5.41, 5.74) is 0.992. The molecule has 0 aromatic heterocycles. The van der Waals surface area contributed by atoms with Gasteiger partial charge in [-0.1, -0.05) is 6.07 Å². The maximum absolute atomic E-state index is 11.9. The quantitative estimate of drug-likeness (QED) is 0.335. The van der Waals surface area contributed by atoms with Crippen LogP contribution in [-0.2, 0) is 14.4 Å². The summed E-state index contributed by atoms with van der Waals surface area (Å²) in [6.45, 7) is 2.44. The molecule has 0 fully saturated rings. The van der Waals surface area contributed by atoms with Gasteiger partial charge < -0.3 is 14.2 Å². The van der Waals surface area contributed by atoms with Crippen molar-refractivity contribution >= 4 is 30.3 Å². The summed E-state index contributed by atoms with van der Waals surface area (Å²) in [6.07, 6.45) is 3.32. The van der Waals surface area contributed by atoms with Crippen LogP contribution < -0.4 is 14.2 Å². The molecule has 2 aromatic rings. The molecule has 7 nitrogen and oxygen atoms in total. The van der Waals surface area contributed by atoms with Crippen molar-refractivity contribution in [1.82, 2.24) is 0 Å². The van der Waals surface area contributed by atoms with E-state index < -0.39 is 17.9 Å². The maximum atomic E-state index is 11.9. The summed E-state index contributed by atoms with van der Waals surface area (Å²) >= 11 is 0. The first-order valence-electron chi connectivity index (χ1n) is 7.83. The fourth-order valence-corrected chi connectivity index (χ4v) is 2.03. The maximum Gasteiger partial charge on any atom is 0.336 e. The molecule has 0 amide bonds. The molecular formula is C20H16O7. The minimum absolute atomic E-state index is 0.0534. The van der Waals surface area contributed by atoms with Crippen LogP contribution in [0.15, 0.2) is 48.5 Å². The third kappa shape index (κ3) is 6.24. The first-order valence-corrected chi connectivity index (χ1v) is 7.83. The summed E-state index contributed by atoms with van der Waals surface area (Å²) in [7, 11) is 0. The van der Waals surface area contributed by atoms with Gasteiger partial charge in [0.15, 0.2) is 11.5 Å². The van der Waals surface area contributed by atoms with Crippen LogP contribution in [0.1, 0.15) is 29.8 Å². The Labute approximate surface area is 155 Å². The Kier molecular flexibility index (Phi) is 6.60. The summed E-state index contributed by atoms with van der Waals surface area (Å²) in [5, 5.41) is 0. The molecule has 2 rings (SSSR count). The van der Waals surface area contributed by atoms with Gasteiger partial charge in [-0.2, -0.15) is 0 Å². The largest absolute Gasteiger partial charge is 0.423 e. The number of aldehydes is 1. The lowest BCUT2D eigenvalue weighted by Crippen LogP contribution is -2.07. The predicted molar refractivity (Wildman–Crippen MR) is 95.6 cm³/mol. The molecule has 0 aliphatic heterocycles. The Morgan fingerprint density at radius 2 is 1.37 bits per heavy atom. The van der Waals surface area contributed by atoms with Crippen LogP contribution in [0.3, 0.4) is 0 Å². The van der Waals surface area contributed by atoms with Gasteiger partial charge in [0.1, 0.15) is 12.0 Å². The zero-order valence-electron chi connectivity index (χ0n) is 14.6. The van der Waals surface area contributed by atoms with E-state index in [1.54, 1.807) is 6.07 Å². The van der Waals surface area contributed by atoms with Crippen molar-refractivity contribution in [2.45, 2.75) is 13.8 Å². The number of hydrogen-bond acceptors (Lipinski definition) is 7. The van der Waals surface area contributed by atoms with Crippen molar-refractivity contribution in [2.24, 2.45) is 0 Å². The van der Waals surface area contributed by atoms with E-state index in [1.165, 1.54) is 62.4 Å². The van der Waals surface area contributed by atoms with E-state index in [0.717, 1.165) is 0 Å². The number of carbonyl (C=O) groups excluding carboxylic acids is 4. The second-order valence-corrected chi connectivity index (χ2v) is 5.33. The molecule has 0 atom stereocenters. The Bertz CT molecular complexity index is 895. The monoisotopic (exact) mass is 368 g/mol. The molecule has 0 saturated carbocycles. The van der Waals surface area contributed by atoms with Gasteiger partial charge in [-0.25, -0.2) is 4.79 Å². The van der Waals surface area contributed by atoms with E-state index in [0.29, 0.717) is 23.2 Å². The van der Waals surface area contributed by atoms with E-state index in [4.69, 9.17) is 14.2 Å². The van der Waals surface area contributed by atoms with Crippen molar-refractivity contribution in [3.8, 4) is 17.2 Å². The van der Waals surface area contributed by atoms with Gasteiger partial charge >= 0.3 is 17.9 Å².